The van der Waals surface area contributed by atoms with Crippen molar-refractivity contribution in [2.75, 3.05) is 0 Å². The first-order valence-corrected chi connectivity index (χ1v) is 5.57. The molecule has 4 heteroatoms. The Morgan fingerprint density at radius 1 is 1.05 bits per heavy atom. The van der Waals surface area contributed by atoms with Gasteiger partial charge in [-0.2, -0.15) is 0 Å². The van der Waals surface area contributed by atoms with Crippen molar-refractivity contribution in [2.24, 2.45) is 0 Å². The second-order valence-corrected chi connectivity index (χ2v) is 3.93. The zero-order chi connectivity index (χ0) is 13.8. The van der Waals surface area contributed by atoms with E-state index in [-0.39, 0.29) is 11.3 Å². The SMILES string of the molecule is O=C(O)/C(=C\c1ccccc1O)c1ccc(F)cc1. The number of benzene rings is 2. The van der Waals surface area contributed by atoms with Crippen LogP contribution in [0.3, 0.4) is 0 Å². The van der Waals surface area contributed by atoms with Gasteiger partial charge in [-0.15, -0.1) is 0 Å². The third-order valence-corrected chi connectivity index (χ3v) is 2.62. The Kier molecular flexibility index (Phi) is 3.61. The van der Waals surface area contributed by atoms with E-state index in [2.05, 4.69) is 0 Å². The van der Waals surface area contributed by atoms with Crippen LogP contribution in [0, 0.1) is 5.82 Å². The number of aliphatic carboxylic acids is 1. The average molecular weight is 258 g/mol. The molecule has 2 aromatic rings. The van der Waals surface area contributed by atoms with Crippen LogP contribution >= 0.6 is 0 Å². The second-order valence-electron chi connectivity index (χ2n) is 3.93. The third-order valence-electron chi connectivity index (χ3n) is 2.62. The number of carboxylic acids is 1. The van der Waals surface area contributed by atoms with Crippen LogP contribution in [0.15, 0.2) is 48.5 Å². The van der Waals surface area contributed by atoms with Crippen molar-refractivity contribution in [3.8, 4) is 5.75 Å². The molecule has 0 unspecified atom stereocenters. The van der Waals surface area contributed by atoms with Gasteiger partial charge in [-0.25, -0.2) is 9.18 Å². The lowest BCUT2D eigenvalue weighted by atomic mass is 10.0. The lowest BCUT2D eigenvalue weighted by Crippen LogP contribution is -1.99. The van der Waals surface area contributed by atoms with E-state index in [1.165, 1.54) is 36.4 Å². The highest BCUT2D eigenvalue weighted by Crippen LogP contribution is 2.24. The molecule has 0 saturated carbocycles. The maximum Gasteiger partial charge on any atom is 0.336 e. The van der Waals surface area contributed by atoms with Gasteiger partial charge >= 0.3 is 5.97 Å². The molecule has 0 radical (unpaired) electrons. The molecule has 96 valence electrons. The fraction of sp³-hybridized carbons (Fsp3) is 0. The molecule has 0 heterocycles. The Morgan fingerprint density at radius 2 is 1.68 bits per heavy atom. The van der Waals surface area contributed by atoms with Gasteiger partial charge in [0.2, 0.25) is 0 Å². The maximum atomic E-state index is 12.8. The predicted molar refractivity (Wildman–Crippen MR) is 70.0 cm³/mol. The summed E-state index contributed by atoms with van der Waals surface area (Å²) < 4.78 is 12.8. The van der Waals surface area contributed by atoms with Gasteiger partial charge in [-0.1, -0.05) is 30.3 Å². The minimum absolute atomic E-state index is 0.0108. The first-order valence-electron chi connectivity index (χ1n) is 5.57. The molecule has 0 bridgehead atoms. The van der Waals surface area contributed by atoms with Crippen molar-refractivity contribution < 1.29 is 19.4 Å². The summed E-state index contributed by atoms with van der Waals surface area (Å²) in [5, 5.41) is 18.8. The van der Waals surface area contributed by atoms with E-state index >= 15 is 0 Å². The van der Waals surface area contributed by atoms with Crippen molar-refractivity contribution in [1.82, 2.24) is 0 Å². The van der Waals surface area contributed by atoms with Crippen LogP contribution in [0.4, 0.5) is 4.39 Å². The van der Waals surface area contributed by atoms with Crippen molar-refractivity contribution in [2.45, 2.75) is 0 Å². The van der Waals surface area contributed by atoms with Gasteiger partial charge in [0.05, 0.1) is 5.57 Å². The van der Waals surface area contributed by atoms with Gasteiger partial charge in [0.25, 0.3) is 0 Å². The summed E-state index contributed by atoms with van der Waals surface area (Å²) in [5.74, 6) is -1.59. The number of para-hydroxylation sites is 1. The summed E-state index contributed by atoms with van der Waals surface area (Å²) >= 11 is 0. The summed E-state index contributed by atoms with van der Waals surface area (Å²) in [7, 11) is 0. The van der Waals surface area contributed by atoms with Gasteiger partial charge in [0.1, 0.15) is 11.6 Å². The smallest absolute Gasteiger partial charge is 0.336 e. The van der Waals surface area contributed by atoms with E-state index in [1.807, 2.05) is 0 Å². The molecule has 3 nitrogen and oxygen atoms in total. The molecular weight excluding hydrogens is 247 g/mol. The number of hydrogen-bond donors (Lipinski definition) is 2. The Labute approximate surface area is 109 Å². The standard InChI is InChI=1S/C15H11FO3/c16-12-7-5-10(6-8-12)13(15(18)19)9-11-3-1-2-4-14(11)17/h1-9,17H,(H,18,19)/b13-9-. The van der Waals surface area contributed by atoms with E-state index in [9.17, 15) is 19.4 Å². The number of phenolic OH excluding ortho intramolecular Hbond substituents is 1. The highest BCUT2D eigenvalue weighted by molar-refractivity contribution is 6.20. The highest BCUT2D eigenvalue weighted by Gasteiger charge is 2.11. The van der Waals surface area contributed by atoms with Crippen molar-refractivity contribution in [1.29, 1.82) is 0 Å². The minimum Gasteiger partial charge on any atom is -0.507 e. The number of phenols is 1. The molecule has 0 amide bonds. The van der Waals surface area contributed by atoms with Gasteiger partial charge in [0, 0.05) is 5.56 Å². The Morgan fingerprint density at radius 3 is 2.26 bits per heavy atom. The van der Waals surface area contributed by atoms with Crippen LogP contribution in [0.5, 0.6) is 5.75 Å². The predicted octanol–water partition coefficient (Wildman–Crippen LogP) is 3.16. The van der Waals surface area contributed by atoms with Crippen LogP contribution in [-0.2, 0) is 4.79 Å². The van der Waals surface area contributed by atoms with Gasteiger partial charge < -0.3 is 10.2 Å². The fourth-order valence-corrected chi connectivity index (χ4v) is 1.66. The Hall–Kier alpha value is -2.62. The van der Waals surface area contributed by atoms with Crippen LogP contribution in [0.2, 0.25) is 0 Å². The normalized spacial score (nSPS) is 11.3. The lowest BCUT2D eigenvalue weighted by Gasteiger charge is -2.04. The monoisotopic (exact) mass is 258 g/mol. The number of aromatic hydroxyl groups is 1. The lowest BCUT2D eigenvalue weighted by molar-refractivity contribution is -0.130. The van der Waals surface area contributed by atoms with Gasteiger partial charge in [-0.05, 0) is 29.8 Å². The number of carbonyl (C=O) groups is 1. The van der Waals surface area contributed by atoms with Crippen molar-refractivity contribution >= 4 is 17.6 Å². The second kappa shape index (κ2) is 5.35. The van der Waals surface area contributed by atoms with Crippen molar-refractivity contribution in [3.63, 3.8) is 0 Å². The number of rotatable bonds is 3. The number of halogens is 1. The van der Waals surface area contributed by atoms with E-state index in [0.717, 1.165) is 0 Å². The largest absolute Gasteiger partial charge is 0.507 e. The molecule has 19 heavy (non-hydrogen) atoms. The Balaban J connectivity index is 2.50. The molecule has 0 aliphatic rings. The zero-order valence-corrected chi connectivity index (χ0v) is 9.88. The first kappa shape index (κ1) is 12.8. The van der Waals surface area contributed by atoms with E-state index in [0.29, 0.717) is 11.1 Å². The van der Waals surface area contributed by atoms with Crippen LogP contribution < -0.4 is 0 Å². The van der Waals surface area contributed by atoms with Crippen molar-refractivity contribution in [3.05, 3.63) is 65.5 Å². The van der Waals surface area contributed by atoms with Crippen LogP contribution in [-0.4, -0.2) is 16.2 Å². The first-order chi connectivity index (χ1) is 9.08. The minimum atomic E-state index is -1.14. The summed E-state index contributed by atoms with van der Waals surface area (Å²) in [5.41, 5.74) is 0.753. The molecule has 0 saturated heterocycles. The Bertz CT molecular complexity index is 630. The van der Waals surface area contributed by atoms with Gasteiger partial charge in [-0.3, -0.25) is 0 Å². The summed E-state index contributed by atoms with van der Waals surface area (Å²) in [4.78, 5) is 11.3. The molecule has 2 aromatic carbocycles. The molecule has 2 N–H and O–H groups in total. The average Bonchev–Trinajstić information content (AvgIpc) is 2.39. The highest BCUT2D eigenvalue weighted by atomic mass is 19.1. The topological polar surface area (TPSA) is 57.5 Å². The quantitative estimate of drug-likeness (QED) is 0.656. The van der Waals surface area contributed by atoms with E-state index in [4.69, 9.17) is 0 Å². The number of hydrogen-bond acceptors (Lipinski definition) is 2. The summed E-state index contributed by atoms with van der Waals surface area (Å²) in [6.45, 7) is 0. The molecule has 0 fully saturated rings. The third kappa shape index (κ3) is 2.98. The van der Waals surface area contributed by atoms with Crippen LogP contribution in [0.25, 0.3) is 11.6 Å². The summed E-state index contributed by atoms with van der Waals surface area (Å²) in [6, 6.07) is 11.6. The molecular formula is C15H11FO3. The molecule has 2 rings (SSSR count). The molecule has 0 aromatic heterocycles. The fourth-order valence-electron chi connectivity index (χ4n) is 1.66. The summed E-state index contributed by atoms with van der Waals surface area (Å²) in [6.07, 6.45) is 1.35. The molecule has 0 aliphatic heterocycles. The molecule has 0 spiro atoms. The zero-order valence-electron chi connectivity index (χ0n) is 9.88. The van der Waals surface area contributed by atoms with Gasteiger partial charge in [0.15, 0.2) is 0 Å². The molecule has 0 atom stereocenters. The van der Waals surface area contributed by atoms with E-state index in [1.54, 1.807) is 18.2 Å². The van der Waals surface area contributed by atoms with E-state index < -0.39 is 11.8 Å². The number of carboxylic acid groups (broad SMARTS) is 1. The molecule has 0 aliphatic carbocycles. The maximum absolute atomic E-state index is 12.8. The van der Waals surface area contributed by atoms with Crippen LogP contribution in [0.1, 0.15) is 11.1 Å².